The first-order chi connectivity index (χ1) is 10.2. The lowest BCUT2D eigenvalue weighted by Gasteiger charge is -2.26. The molecule has 0 atom stereocenters. The molecular weight excluding hydrogens is 270 g/mol. The molecule has 1 amide bonds. The summed E-state index contributed by atoms with van der Waals surface area (Å²) in [6, 6.07) is 5.63. The normalized spacial score (nSPS) is 15.2. The van der Waals surface area contributed by atoms with Crippen LogP contribution in [0.2, 0.25) is 0 Å². The Hall–Kier alpha value is -2.01. The van der Waals surface area contributed by atoms with E-state index in [1.807, 2.05) is 37.3 Å². The van der Waals surface area contributed by atoms with Crippen molar-refractivity contribution in [2.24, 2.45) is 0 Å². The number of morpholine rings is 1. The predicted molar refractivity (Wildman–Crippen MR) is 80.6 cm³/mol. The van der Waals surface area contributed by atoms with Crippen molar-refractivity contribution in [2.45, 2.75) is 6.92 Å². The largest absolute Gasteiger partial charge is 0.493 e. The van der Waals surface area contributed by atoms with Gasteiger partial charge in [-0.15, -0.1) is 0 Å². The van der Waals surface area contributed by atoms with Crippen molar-refractivity contribution in [2.75, 3.05) is 40.0 Å². The number of amides is 1. The van der Waals surface area contributed by atoms with E-state index in [1.54, 1.807) is 12.0 Å². The molecule has 0 spiro atoms. The molecule has 1 fully saturated rings. The molecule has 5 nitrogen and oxygen atoms in total. The average molecular weight is 291 g/mol. The maximum absolute atomic E-state index is 12.0. The molecule has 1 aliphatic heterocycles. The zero-order valence-electron chi connectivity index (χ0n) is 12.5. The smallest absolute Gasteiger partial charge is 0.260 e. The summed E-state index contributed by atoms with van der Waals surface area (Å²) in [7, 11) is 1.59. The van der Waals surface area contributed by atoms with Crippen molar-refractivity contribution in [3.05, 3.63) is 29.8 Å². The molecule has 114 valence electrons. The van der Waals surface area contributed by atoms with Crippen LogP contribution >= 0.6 is 0 Å². The van der Waals surface area contributed by atoms with Gasteiger partial charge >= 0.3 is 0 Å². The van der Waals surface area contributed by atoms with Crippen molar-refractivity contribution in [3.63, 3.8) is 0 Å². The highest BCUT2D eigenvalue weighted by Gasteiger charge is 2.17. The molecule has 0 N–H and O–H groups in total. The van der Waals surface area contributed by atoms with Gasteiger partial charge in [0, 0.05) is 13.1 Å². The summed E-state index contributed by atoms with van der Waals surface area (Å²) in [5, 5.41) is 0. The number of methoxy groups -OCH3 is 1. The number of ether oxygens (including phenoxy) is 3. The third-order valence-electron chi connectivity index (χ3n) is 3.26. The first-order valence-electron chi connectivity index (χ1n) is 7.03. The monoisotopic (exact) mass is 291 g/mol. The molecule has 0 radical (unpaired) electrons. The number of benzene rings is 1. The average Bonchev–Trinajstić information content (AvgIpc) is 2.54. The van der Waals surface area contributed by atoms with E-state index in [-0.39, 0.29) is 12.5 Å². The van der Waals surface area contributed by atoms with Crippen molar-refractivity contribution >= 4 is 12.0 Å². The Kier molecular flexibility index (Phi) is 5.63. The van der Waals surface area contributed by atoms with E-state index in [1.165, 1.54) is 0 Å². The summed E-state index contributed by atoms with van der Waals surface area (Å²) in [5.74, 6) is 1.17. The van der Waals surface area contributed by atoms with E-state index in [0.717, 1.165) is 5.56 Å². The number of carbonyl (C=O) groups is 1. The standard InChI is InChI=1S/C16H21NO4/c1-3-4-13-5-6-14(15(11-13)19-2)21-12-16(18)17-7-9-20-10-8-17/h3-6,11H,7-10,12H2,1-2H3/b4-3+. The van der Waals surface area contributed by atoms with E-state index in [0.29, 0.717) is 37.8 Å². The molecule has 0 aliphatic carbocycles. The first-order valence-corrected chi connectivity index (χ1v) is 7.03. The van der Waals surface area contributed by atoms with Gasteiger partial charge in [0.1, 0.15) is 0 Å². The fraction of sp³-hybridized carbons (Fsp3) is 0.438. The van der Waals surface area contributed by atoms with Crippen LogP contribution in [0.15, 0.2) is 24.3 Å². The Labute approximate surface area is 125 Å². The second-order valence-electron chi connectivity index (χ2n) is 4.69. The number of rotatable bonds is 5. The lowest BCUT2D eigenvalue weighted by molar-refractivity contribution is -0.137. The number of carbonyl (C=O) groups excluding carboxylic acids is 1. The van der Waals surface area contributed by atoms with E-state index in [4.69, 9.17) is 14.2 Å². The highest BCUT2D eigenvalue weighted by molar-refractivity contribution is 5.78. The Balaban J connectivity index is 1.97. The quantitative estimate of drug-likeness (QED) is 0.832. The van der Waals surface area contributed by atoms with Crippen LogP contribution in [0.3, 0.4) is 0 Å². The number of nitrogens with zero attached hydrogens (tertiary/aromatic N) is 1. The van der Waals surface area contributed by atoms with Gasteiger partial charge in [0.15, 0.2) is 18.1 Å². The molecule has 0 bridgehead atoms. The predicted octanol–water partition coefficient (Wildman–Crippen LogP) is 1.97. The molecule has 1 aliphatic rings. The SMILES string of the molecule is C/C=C/c1ccc(OCC(=O)N2CCOCC2)c(OC)c1. The molecule has 5 heteroatoms. The highest BCUT2D eigenvalue weighted by atomic mass is 16.5. The summed E-state index contributed by atoms with van der Waals surface area (Å²) in [6.07, 6.45) is 3.93. The van der Waals surface area contributed by atoms with Crippen LogP contribution in [0.1, 0.15) is 12.5 Å². The first kappa shape index (κ1) is 15.4. The van der Waals surface area contributed by atoms with Crippen molar-refractivity contribution in [1.29, 1.82) is 0 Å². The van der Waals surface area contributed by atoms with Gasteiger partial charge in [0.05, 0.1) is 20.3 Å². The van der Waals surface area contributed by atoms with Gasteiger partial charge < -0.3 is 19.1 Å². The van der Waals surface area contributed by atoms with Crippen LogP contribution in [-0.4, -0.2) is 50.8 Å². The maximum atomic E-state index is 12.0. The molecule has 0 saturated carbocycles. The minimum Gasteiger partial charge on any atom is -0.493 e. The summed E-state index contributed by atoms with van der Waals surface area (Å²) in [5.41, 5.74) is 1.03. The molecule has 1 heterocycles. The van der Waals surface area contributed by atoms with Crippen molar-refractivity contribution < 1.29 is 19.0 Å². The zero-order chi connectivity index (χ0) is 15.1. The fourth-order valence-electron chi connectivity index (χ4n) is 2.14. The lowest BCUT2D eigenvalue weighted by atomic mass is 10.2. The summed E-state index contributed by atoms with van der Waals surface area (Å²) in [4.78, 5) is 13.8. The molecule has 1 saturated heterocycles. The van der Waals surface area contributed by atoms with Gasteiger partial charge in [0.25, 0.3) is 5.91 Å². The van der Waals surface area contributed by atoms with Crippen molar-refractivity contribution in [1.82, 2.24) is 4.90 Å². The van der Waals surface area contributed by atoms with Gasteiger partial charge in [-0.3, -0.25) is 4.79 Å². The third kappa shape index (κ3) is 4.23. The molecule has 1 aromatic carbocycles. The molecule has 0 unspecified atom stereocenters. The van der Waals surface area contributed by atoms with E-state index in [9.17, 15) is 4.79 Å². The van der Waals surface area contributed by atoms with E-state index < -0.39 is 0 Å². The van der Waals surface area contributed by atoms with Gasteiger partial charge in [-0.25, -0.2) is 0 Å². The van der Waals surface area contributed by atoms with Crippen LogP contribution in [0.4, 0.5) is 0 Å². The highest BCUT2D eigenvalue weighted by Crippen LogP contribution is 2.28. The topological polar surface area (TPSA) is 48.0 Å². The molecule has 0 aromatic heterocycles. The molecular formula is C16H21NO4. The Morgan fingerprint density at radius 3 is 2.76 bits per heavy atom. The second kappa shape index (κ2) is 7.69. The molecule has 1 aromatic rings. The number of hydrogen-bond acceptors (Lipinski definition) is 4. The Morgan fingerprint density at radius 2 is 2.10 bits per heavy atom. The summed E-state index contributed by atoms with van der Waals surface area (Å²) in [6.45, 7) is 4.40. The van der Waals surface area contributed by atoms with Gasteiger partial charge in [-0.2, -0.15) is 0 Å². The summed E-state index contributed by atoms with van der Waals surface area (Å²) < 4.78 is 16.1. The fourth-order valence-corrected chi connectivity index (χ4v) is 2.14. The molecule has 21 heavy (non-hydrogen) atoms. The maximum Gasteiger partial charge on any atom is 0.260 e. The van der Waals surface area contributed by atoms with Crippen LogP contribution in [0.25, 0.3) is 6.08 Å². The molecule has 2 rings (SSSR count). The minimum absolute atomic E-state index is 0.0132. The minimum atomic E-state index is -0.0297. The zero-order valence-corrected chi connectivity index (χ0v) is 12.5. The van der Waals surface area contributed by atoms with Crippen LogP contribution in [-0.2, 0) is 9.53 Å². The van der Waals surface area contributed by atoms with Crippen LogP contribution in [0, 0.1) is 0 Å². The van der Waals surface area contributed by atoms with E-state index in [2.05, 4.69) is 0 Å². The number of hydrogen-bond donors (Lipinski definition) is 0. The van der Waals surface area contributed by atoms with Gasteiger partial charge in [-0.1, -0.05) is 18.2 Å². The van der Waals surface area contributed by atoms with Crippen molar-refractivity contribution in [3.8, 4) is 11.5 Å². The van der Waals surface area contributed by atoms with Crippen LogP contribution < -0.4 is 9.47 Å². The van der Waals surface area contributed by atoms with E-state index >= 15 is 0 Å². The van der Waals surface area contributed by atoms with Gasteiger partial charge in [0.2, 0.25) is 0 Å². The number of allylic oxidation sites excluding steroid dienone is 1. The Morgan fingerprint density at radius 1 is 1.33 bits per heavy atom. The van der Waals surface area contributed by atoms with Crippen LogP contribution in [0.5, 0.6) is 11.5 Å². The third-order valence-corrected chi connectivity index (χ3v) is 3.26. The Bertz CT molecular complexity index is 507. The van der Waals surface area contributed by atoms with Gasteiger partial charge in [-0.05, 0) is 24.6 Å². The lowest BCUT2D eigenvalue weighted by Crippen LogP contribution is -2.43. The second-order valence-corrected chi connectivity index (χ2v) is 4.69. The summed E-state index contributed by atoms with van der Waals surface area (Å²) >= 11 is 0.